The largest absolute Gasteiger partial charge is 0.388 e. The lowest BCUT2D eigenvalue weighted by Crippen LogP contribution is -2.17. The SMILES string of the molecule is [B]c1c(C)cccc1[C@H](O)CCC. The van der Waals surface area contributed by atoms with Gasteiger partial charge in [-0.2, -0.15) is 0 Å². The molecule has 1 atom stereocenters. The first kappa shape index (κ1) is 10.3. The number of rotatable bonds is 3. The smallest absolute Gasteiger partial charge is 0.114 e. The Bertz CT molecular complexity index is 283. The van der Waals surface area contributed by atoms with E-state index in [2.05, 4.69) is 6.92 Å². The van der Waals surface area contributed by atoms with Crippen molar-refractivity contribution < 1.29 is 5.11 Å². The topological polar surface area (TPSA) is 20.2 Å². The van der Waals surface area contributed by atoms with E-state index in [-0.39, 0.29) is 0 Å². The van der Waals surface area contributed by atoms with Crippen LogP contribution >= 0.6 is 0 Å². The normalized spacial score (nSPS) is 12.8. The summed E-state index contributed by atoms with van der Waals surface area (Å²) in [6.45, 7) is 4.01. The average Bonchev–Trinajstić information content (AvgIpc) is 2.10. The van der Waals surface area contributed by atoms with Crippen LogP contribution in [-0.4, -0.2) is 13.0 Å². The number of hydrogen-bond donors (Lipinski definition) is 1. The molecule has 0 fully saturated rings. The molecular weight excluding hydrogens is 159 g/mol. The van der Waals surface area contributed by atoms with Crippen molar-refractivity contribution in [1.29, 1.82) is 0 Å². The first-order chi connectivity index (χ1) is 6.16. The summed E-state index contributed by atoms with van der Waals surface area (Å²) in [7, 11) is 5.85. The molecule has 0 aromatic heterocycles. The molecule has 0 saturated carbocycles. The molecule has 13 heavy (non-hydrogen) atoms. The van der Waals surface area contributed by atoms with E-state index >= 15 is 0 Å². The molecule has 1 N–H and O–H groups in total. The van der Waals surface area contributed by atoms with Gasteiger partial charge < -0.3 is 5.11 Å². The Hall–Kier alpha value is -0.755. The fraction of sp³-hybridized carbons (Fsp3) is 0.455. The Morgan fingerprint density at radius 2 is 2.15 bits per heavy atom. The molecule has 0 bridgehead atoms. The quantitative estimate of drug-likeness (QED) is 0.690. The number of aryl methyl sites for hydroxylation is 1. The summed E-state index contributed by atoms with van der Waals surface area (Å²) in [4.78, 5) is 0. The lowest BCUT2D eigenvalue weighted by molar-refractivity contribution is 0.167. The fourth-order valence-electron chi connectivity index (χ4n) is 1.42. The number of hydrogen-bond acceptors (Lipinski definition) is 1. The van der Waals surface area contributed by atoms with E-state index < -0.39 is 6.10 Å². The molecule has 0 heterocycles. The monoisotopic (exact) mass is 174 g/mol. The maximum atomic E-state index is 9.75. The molecule has 0 aliphatic heterocycles. The van der Waals surface area contributed by atoms with E-state index in [0.29, 0.717) is 0 Å². The third-order valence-electron chi connectivity index (χ3n) is 2.28. The minimum absolute atomic E-state index is 0.412. The van der Waals surface area contributed by atoms with Crippen LogP contribution in [0, 0.1) is 6.92 Å². The third-order valence-corrected chi connectivity index (χ3v) is 2.28. The van der Waals surface area contributed by atoms with Crippen LogP contribution in [0.3, 0.4) is 0 Å². The Kier molecular flexibility index (Phi) is 3.55. The highest BCUT2D eigenvalue weighted by atomic mass is 16.3. The van der Waals surface area contributed by atoms with Gasteiger partial charge in [-0.25, -0.2) is 0 Å². The molecule has 68 valence electrons. The minimum atomic E-state index is -0.412. The van der Waals surface area contributed by atoms with Gasteiger partial charge in [0.05, 0.1) is 6.10 Å². The van der Waals surface area contributed by atoms with E-state index in [0.717, 1.165) is 29.4 Å². The maximum Gasteiger partial charge on any atom is 0.114 e. The molecule has 0 saturated heterocycles. The summed E-state index contributed by atoms with van der Waals surface area (Å²) in [6.07, 6.45) is 1.33. The van der Waals surface area contributed by atoms with Crippen LogP contribution in [0.4, 0.5) is 0 Å². The van der Waals surface area contributed by atoms with Gasteiger partial charge in [0.2, 0.25) is 0 Å². The molecule has 0 aliphatic rings. The molecule has 1 rings (SSSR count). The molecule has 0 spiro atoms. The zero-order chi connectivity index (χ0) is 9.84. The van der Waals surface area contributed by atoms with E-state index in [1.807, 2.05) is 25.1 Å². The van der Waals surface area contributed by atoms with Crippen LogP contribution < -0.4 is 5.46 Å². The highest BCUT2D eigenvalue weighted by molar-refractivity contribution is 6.34. The summed E-state index contributed by atoms with van der Waals surface area (Å²) in [5, 5.41) is 9.75. The second-order valence-corrected chi connectivity index (χ2v) is 3.38. The van der Waals surface area contributed by atoms with Gasteiger partial charge in [0.25, 0.3) is 0 Å². The molecule has 1 aromatic carbocycles. The van der Waals surface area contributed by atoms with Crippen LogP contribution in [0.15, 0.2) is 18.2 Å². The Labute approximate surface area is 81.2 Å². The third kappa shape index (κ3) is 2.34. The summed E-state index contributed by atoms with van der Waals surface area (Å²) < 4.78 is 0. The fourth-order valence-corrected chi connectivity index (χ4v) is 1.42. The number of aliphatic hydroxyl groups is 1. The predicted molar refractivity (Wildman–Crippen MR) is 56.4 cm³/mol. The van der Waals surface area contributed by atoms with Crippen LogP contribution in [0.25, 0.3) is 0 Å². The maximum absolute atomic E-state index is 9.75. The first-order valence-corrected chi connectivity index (χ1v) is 4.69. The van der Waals surface area contributed by atoms with Gasteiger partial charge in [-0.15, -0.1) is 0 Å². The van der Waals surface area contributed by atoms with Crippen molar-refractivity contribution >= 4 is 13.3 Å². The van der Waals surface area contributed by atoms with Crippen LogP contribution in [0.5, 0.6) is 0 Å². The van der Waals surface area contributed by atoms with Gasteiger partial charge in [-0.3, -0.25) is 0 Å². The van der Waals surface area contributed by atoms with Gasteiger partial charge in [-0.1, -0.05) is 42.6 Å². The summed E-state index contributed by atoms with van der Waals surface area (Å²) in [6, 6.07) is 5.78. The van der Waals surface area contributed by atoms with Crippen LogP contribution in [-0.2, 0) is 0 Å². The molecule has 0 aliphatic carbocycles. The Morgan fingerprint density at radius 3 is 2.77 bits per heavy atom. The second kappa shape index (κ2) is 4.47. The van der Waals surface area contributed by atoms with E-state index in [1.165, 1.54) is 0 Å². The highest BCUT2D eigenvalue weighted by Crippen LogP contribution is 2.16. The van der Waals surface area contributed by atoms with Gasteiger partial charge in [0, 0.05) is 0 Å². The molecule has 2 radical (unpaired) electrons. The van der Waals surface area contributed by atoms with Crippen molar-refractivity contribution in [3.05, 3.63) is 29.3 Å². The number of benzene rings is 1. The first-order valence-electron chi connectivity index (χ1n) is 4.69. The van der Waals surface area contributed by atoms with Gasteiger partial charge in [0.1, 0.15) is 7.85 Å². The van der Waals surface area contributed by atoms with E-state index in [1.54, 1.807) is 0 Å². The zero-order valence-corrected chi connectivity index (χ0v) is 8.25. The average molecular weight is 174 g/mol. The van der Waals surface area contributed by atoms with Crippen molar-refractivity contribution in [2.75, 3.05) is 0 Å². The minimum Gasteiger partial charge on any atom is -0.388 e. The van der Waals surface area contributed by atoms with Crippen molar-refractivity contribution in [3.8, 4) is 0 Å². The predicted octanol–water partition coefficient (Wildman–Crippen LogP) is 1.62. The van der Waals surface area contributed by atoms with Crippen molar-refractivity contribution in [2.24, 2.45) is 0 Å². The standard InChI is InChI=1S/C11H15BO/c1-3-5-10(13)9-7-4-6-8(2)11(9)12/h4,6-7,10,13H,3,5H2,1-2H3/t10-/m1/s1. The van der Waals surface area contributed by atoms with E-state index in [9.17, 15) is 5.11 Å². The van der Waals surface area contributed by atoms with Crippen molar-refractivity contribution in [3.63, 3.8) is 0 Å². The lowest BCUT2D eigenvalue weighted by Gasteiger charge is -2.14. The Balaban J connectivity index is 2.93. The molecular formula is C11H15BO. The second-order valence-electron chi connectivity index (χ2n) is 3.38. The molecule has 0 unspecified atom stereocenters. The molecule has 1 nitrogen and oxygen atoms in total. The highest BCUT2D eigenvalue weighted by Gasteiger charge is 2.08. The zero-order valence-electron chi connectivity index (χ0n) is 8.25. The Morgan fingerprint density at radius 1 is 1.46 bits per heavy atom. The van der Waals surface area contributed by atoms with Gasteiger partial charge >= 0.3 is 0 Å². The molecule has 2 heteroatoms. The van der Waals surface area contributed by atoms with Crippen LogP contribution in [0.2, 0.25) is 0 Å². The van der Waals surface area contributed by atoms with Crippen molar-refractivity contribution in [2.45, 2.75) is 32.8 Å². The van der Waals surface area contributed by atoms with Crippen LogP contribution in [0.1, 0.15) is 37.0 Å². The summed E-state index contributed by atoms with van der Waals surface area (Å²) in [5.74, 6) is 0. The van der Waals surface area contributed by atoms with Gasteiger partial charge in [-0.05, 0) is 18.9 Å². The molecule has 1 aromatic rings. The van der Waals surface area contributed by atoms with Gasteiger partial charge in [0.15, 0.2) is 0 Å². The summed E-state index contributed by atoms with van der Waals surface area (Å²) in [5.41, 5.74) is 2.62. The lowest BCUT2D eigenvalue weighted by atomic mass is 9.83. The number of aliphatic hydroxyl groups excluding tert-OH is 1. The van der Waals surface area contributed by atoms with Crippen molar-refractivity contribution in [1.82, 2.24) is 0 Å². The van der Waals surface area contributed by atoms with E-state index in [4.69, 9.17) is 7.85 Å². The molecule has 0 amide bonds. The summed E-state index contributed by atoms with van der Waals surface area (Å²) >= 11 is 0.